The van der Waals surface area contributed by atoms with E-state index in [2.05, 4.69) is 5.32 Å². The van der Waals surface area contributed by atoms with Crippen molar-refractivity contribution in [2.24, 2.45) is 11.8 Å². The van der Waals surface area contributed by atoms with Gasteiger partial charge in [-0.15, -0.1) is 0 Å². The number of halogens is 2. The van der Waals surface area contributed by atoms with Crippen LogP contribution in [0.2, 0.25) is 0 Å². The summed E-state index contributed by atoms with van der Waals surface area (Å²) < 4.78 is 26.7. The number of hydrogen-bond acceptors (Lipinski definition) is 3. The molecule has 3 amide bonds. The van der Waals surface area contributed by atoms with Gasteiger partial charge in [-0.05, 0) is 55.2 Å². The predicted octanol–water partition coefficient (Wildman–Crippen LogP) is 3.26. The van der Waals surface area contributed by atoms with Crippen LogP contribution in [0.25, 0.3) is 0 Å². The number of hydrogen-bond donors (Lipinski definition) is 1. The smallest absolute Gasteiger partial charge is 0.230 e. The molecule has 2 aromatic rings. The summed E-state index contributed by atoms with van der Waals surface area (Å²) in [7, 11) is 0. The van der Waals surface area contributed by atoms with Crippen molar-refractivity contribution in [1.82, 2.24) is 0 Å². The van der Waals surface area contributed by atoms with Crippen molar-refractivity contribution < 1.29 is 23.2 Å². The predicted molar refractivity (Wildman–Crippen MR) is 111 cm³/mol. The molecule has 1 aliphatic carbocycles. The average Bonchev–Trinajstić information content (AvgIpc) is 3.37. The molecule has 0 radical (unpaired) electrons. The standard InChI is InChI=1S/C23H21F2N3O3/c24-16-9-17(25)11-18(10-16)26-22(30)15-8-21(29)28(12-15)19-3-4-20-14(7-19)5-6-27(20)23(31)13-1-2-13/h3-4,7,9-11,13,15H,1-2,5-6,8,12H2,(H,26,30). The number of carbonyl (C=O) groups excluding carboxylic acids is 3. The van der Waals surface area contributed by atoms with Crippen LogP contribution in [0.3, 0.4) is 0 Å². The lowest BCUT2D eigenvalue weighted by atomic mass is 10.1. The maximum atomic E-state index is 13.4. The van der Waals surface area contributed by atoms with E-state index in [-0.39, 0.29) is 36.4 Å². The van der Waals surface area contributed by atoms with Gasteiger partial charge in [0.1, 0.15) is 11.6 Å². The monoisotopic (exact) mass is 425 g/mol. The highest BCUT2D eigenvalue weighted by molar-refractivity contribution is 6.04. The zero-order valence-electron chi connectivity index (χ0n) is 16.7. The molecule has 1 saturated carbocycles. The summed E-state index contributed by atoms with van der Waals surface area (Å²) in [6, 6.07) is 8.38. The lowest BCUT2D eigenvalue weighted by Gasteiger charge is -2.20. The molecule has 6 nitrogen and oxygen atoms in total. The van der Waals surface area contributed by atoms with Crippen LogP contribution >= 0.6 is 0 Å². The molecular formula is C23H21F2N3O3. The van der Waals surface area contributed by atoms with Crippen LogP contribution in [-0.4, -0.2) is 30.8 Å². The Balaban J connectivity index is 1.29. The van der Waals surface area contributed by atoms with Crippen molar-refractivity contribution in [3.05, 3.63) is 53.6 Å². The fourth-order valence-electron chi connectivity index (χ4n) is 4.34. The van der Waals surface area contributed by atoms with Gasteiger partial charge in [0.2, 0.25) is 17.7 Å². The molecule has 5 rings (SSSR count). The maximum absolute atomic E-state index is 13.4. The van der Waals surface area contributed by atoms with Crippen LogP contribution in [0.1, 0.15) is 24.8 Å². The Morgan fingerprint density at radius 3 is 2.45 bits per heavy atom. The summed E-state index contributed by atoms with van der Waals surface area (Å²) in [5, 5.41) is 2.49. The lowest BCUT2D eigenvalue weighted by molar-refractivity contribution is -0.122. The van der Waals surface area contributed by atoms with Gasteiger partial charge in [-0.3, -0.25) is 14.4 Å². The highest BCUT2D eigenvalue weighted by atomic mass is 19.1. The van der Waals surface area contributed by atoms with Crippen molar-refractivity contribution >= 4 is 34.8 Å². The second-order valence-corrected chi connectivity index (χ2v) is 8.38. The molecule has 1 unspecified atom stereocenters. The minimum Gasteiger partial charge on any atom is -0.326 e. The Kier molecular flexibility index (Phi) is 4.72. The number of fused-ring (bicyclic) bond motifs is 1. The SMILES string of the molecule is O=C(Nc1cc(F)cc(F)c1)C1CC(=O)N(c2ccc3c(c2)CCN3C(=O)C2CC2)C1. The maximum Gasteiger partial charge on any atom is 0.230 e. The Labute approximate surface area is 177 Å². The molecular weight excluding hydrogens is 404 g/mol. The van der Waals surface area contributed by atoms with E-state index in [9.17, 15) is 23.2 Å². The van der Waals surface area contributed by atoms with E-state index >= 15 is 0 Å². The fraction of sp³-hybridized carbons (Fsp3) is 0.348. The molecule has 2 heterocycles. The average molecular weight is 425 g/mol. The van der Waals surface area contributed by atoms with Gasteiger partial charge in [-0.25, -0.2) is 8.78 Å². The summed E-state index contributed by atoms with van der Waals surface area (Å²) in [5.74, 6) is -2.51. The van der Waals surface area contributed by atoms with Crippen LogP contribution in [0.15, 0.2) is 36.4 Å². The molecule has 1 N–H and O–H groups in total. The van der Waals surface area contributed by atoms with Crippen LogP contribution < -0.4 is 15.1 Å². The highest BCUT2D eigenvalue weighted by Crippen LogP contribution is 2.38. The number of benzene rings is 2. The first-order chi connectivity index (χ1) is 14.9. The molecule has 2 aromatic carbocycles. The molecule has 0 bridgehead atoms. The van der Waals surface area contributed by atoms with Crippen LogP contribution in [0, 0.1) is 23.5 Å². The molecule has 1 atom stereocenters. The second-order valence-electron chi connectivity index (χ2n) is 8.38. The Morgan fingerprint density at radius 1 is 1.00 bits per heavy atom. The van der Waals surface area contributed by atoms with Crippen LogP contribution in [0.5, 0.6) is 0 Å². The summed E-state index contributed by atoms with van der Waals surface area (Å²) in [6.07, 6.45) is 2.67. The van der Waals surface area contributed by atoms with E-state index in [1.807, 2.05) is 17.0 Å². The quantitative estimate of drug-likeness (QED) is 0.818. The molecule has 0 aromatic heterocycles. The van der Waals surface area contributed by atoms with E-state index in [1.165, 1.54) is 0 Å². The number of amides is 3. The van der Waals surface area contributed by atoms with Crippen molar-refractivity contribution in [3.8, 4) is 0 Å². The molecule has 0 spiro atoms. The van der Waals surface area contributed by atoms with Crippen LogP contribution in [0.4, 0.5) is 25.8 Å². The fourth-order valence-corrected chi connectivity index (χ4v) is 4.34. The van der Waals surface area contributed by atoms with Gasteiger partial charge in [0.15, 0.2) is 0 Å². The van der Waals surface area contributed by atoms with Crippen molar-refractivity contribution in [1.29, 1.82) is 0 Å². The zero-order valence-corrected chi connectivity index (χ0v) is 16.7. The number of nitrogens with one attached hydrogen (secondary N) is 1. The van der Waals surface area contributed by atoms with Gasteiger partial charge < -0.3 is 15.1 Å². The molecule has 31 heavy (non-hydrogen) atoms. The largest absolute Gasteiger partial charge is 0.326 e. The van der Waals surface area contributed by atoms with Crippen molar-refractivity contribution in [2.45, 2.75) is 25.7 Å². The zero-order chi connectivity index (χ0) is 21.7. The van der Waals surface area contributed by atoms with Crippen molar-refractivity contribution in [3.63, 3.8) is 0 Å². The first-order valence-electron chi connectivity index (χ1n) is 10.4. The van der Waals surface area contributed by atoms with E-state index in [0.29, 0.717) is 12.2 Å². The Morgan fingerprint density at radius 2 is 1.74 bits per heavy atom. The first kappa shape index (κ1) is 19.7. The van der Waals surface area contributed by atoms with E-state index in [4.69, 9.17) is 0 Å². The van der Waals surface area contributed by atoms with E-state index in [0.717, 1.165) is 48.7 Å². The first-order valence-corrected chi connectivity index (χ1v) is 10.4. The lowest BCUT2D eigenvalue weighted by Crippen LogP contribution is -2.30. The van der Waals surface area contributed by atoms with Crippen molar-refractivity contribution in [2.75, 3.05) is 28.2 Å². The van der Waals surface area contributed by atoms with E-state index in [1.54, 1.807) is 11.0 Å². The number of nitrogens with zero attached hydrogens (tertiary/aromatic N) is 2. The topological polar surface area (TPSA) is 69.7 Å². The number of anilines is 3. The number of rotatable bonds is 4. The minimum absolute atomic E-state index is 0.0198. The number of carbonyl (C=O) groups is 3. The normalized spacial score (nSPS) is 20.2. The third kappa shape index (κ3) is 3.78. The summed E-state index contributed by atoms with van der Waals surface area (Å²) >= 11 is 0. The second kappa shape index (κ2) is 7.44. The minimum atomic E-state index is -0.785. The molecule has 2 fully saturated rings. The van der Waals surface area contributed by atoms with Gasteiger partial charge in [0.05, 0.1) is 5.92 Å². The van der Waals surface area contributed by atoms with Gasteiger partial charge in [0, 0.05) is 48.6 Å². The van der Waals surface area contributed by atoms with Gasteiger partial charge in [-0.1, -0.05) is 0 Å². The van der Waals surface area contributed by atoms with Gasteiger partial charge >= 0.3 is 0 Å². The molecule has 2 aliphatic heterocycles. The Bertz CT molecular complexity index is 1080. The molecule has 3 aliphatic rings. The van der Waals surface area contributed by atoms with Gasteiger partial charge in [-0.2, -0.15) is 0 Å². The van der Waals surface area contributed by atoms with Gasteiger partial charge in [0.25, 0.3) is 0 Å². The third-order valence-electron chi connectivity index (χ3n) is 6.09. The Hall–Kier alpha value is -3.29. The molecule has 8 heteroatoms. The summed E-state index contributed by atoms with van der Waals surface area (Å²) in [6.45, 7) is 0.837. The third-order valence-corrected chi connectivity index (χ3v) is 6.09. The highest BCUT2D eigenvalue weighted by Gasteiger charge is 2.38. The molecule has 1 saturated heterocycles. The molecule has 160 valence electrons. The summed E-state index contributed by atoms with van der Waals surface area (Å²) in [5.41, 5.74) is 2.63. The summed E-state index contributed by atoms with van der Waals surface area (Å²) in [4.78, 5) is 41.0. The van der Waals surface area contributed by atoms with E-state index < -0.39 is 23.5 Å². The van der Waals surface area contributed by atoms with Crippen LogP contribution in [-0.2, 0) is 20.8 Å².